The van der Waals surface area contributed by atoms with Gasteiger partial charge >= 0.3 is 0 Å². The van der Waals surface area contributed by atoms with Crippen molar-refractivity contribution in [2.75, 3.05) is 31.5 Å². The Balaban J connectivity index is 2.02. The van der Waals surface area contributed by atoms with Gasteiger partial charge in [-0.15, -0.1) is 0 Å². The summed E-state index contributed by atoms with van der Waals surface area (Å²) in [7, 11) is 1.83. The van der Waals surface area contributed by atoms with Crippen molar-refractivity contribution >= 4 is 17.5 Å². The van der Waals surface area contributed by atoms with Crippen molar-refractivity contribution in [1.82, 2.24) is 20.0 Å². The maximum absolute atomic E-state index is 12.2. The van der Waals surface area contributed by atoms with E-state index < -0.39 is 11.9 Å². The highest BCUT2D eigenvalue weighted by atomic mass is 16.2. The number of aromatic nitrogens is 2. The second-order valence-corrected chi connectivity index (χ2v) is 5.31. The van der Waals surface area contributed by atoms with Gasteiger partial charge in [-0.2, -0.15) is 5.10 Å². The molecular formula is C13H22N6O2. The molecule has 1 fully saturated rings. The minimum absolute atomic E-state index is 0.142. The van der Waals surface area contributed by atoms with Crippen LogP contribution in [0.15, 0.2) is 0 Å². The molecule has 21 heavy (non-hydrogen) atoms. The number of carbonyl (C=O) groups is 2. The first-order chi connectivity index (χ1) is 9.90. The van der Waals surface area contributed by atoms with Gasteiger partial charge in [0.2, 0.25) is 11.8 Å². The summed E-state index contributed by atoms with van der Waals surface area (Å²) in [6.45, 7) is 5.72. The molecule has 0 aromatic carbocycles. The number of primary amides is 1. The fourth-order valence-corrected chi connectivity index (χ4v) is 2.53. The van der Waals surface area contributed by atoms with Gasteiger partial charge in [-0.25, -0.2) is 0 Å². The van der Waals surface area contributed by atoms with E-state index in [-0.39, 0.29) is 12.5 Å². The van der Waals surface area contributed by atoms with Gasteiger partial charge in [-0.05, 0) is 13.8 Å². The van der Waals surface area contributed by atoms with E-state index in [2.05, 4.69) is 15.7 Å². The van der Waals surface area contributed by atoms with Crippen molar-refractivity contribution in [2.45, 2.75) is 19.9 Å². The minimum Gasteiger partial charge on any atom is -0.368 e. The van der Waals surface area contributed by atoms with Crippen LogP contribution in [0, 0.1) is 13.8 Å². The largest absolute Gasteiger partial charge is 0.368 e. The average Bonchev–Trinajstić information content (AvgIpc) is 2.66. The predicted molar refractivity (Wildman–Crippen MR) is 78.7 cm³/mol. The van der Waals surface area contributed by atoms with Crippen molar-refractivity contribution in [3.63, 3.8) is 0 Å². The van der Waals surface area contributed by atoms with Crippen LogP contribution in [0.1, 0.15) is 11.4 Å². The van der Waals surface area contributed by atoms with Gasteiger partial charge in [0, 0.05) is 26.7 Å². The van der Waals surface area contributed by atoms with E-state index in [4.69, 9.17) is 5.73 Å². The number of nitrogens with one attached hydrogen (secondary N) is 2. The first-order valence-electron chi connectivity index (χ1n) is 6.94. The number of hydrogen-bond acceptors (Lipinski definition) is 5. The standard InChI is InChI=1S/C13H22N6O2/c1-8-12(9(2)18(3)17-8)16-11(20)7-19-5-4-15-6-10(19)13(14)21/h10,15H,4-7H2,1-3H3,(H2,14,21)(H,16,20). The van der Waals surface area contributed by atoms with Crippen molar-refractivity contribution in [1.29, 1.82) is 0 Å². The zero-order chi connectivity index (χ0) is 15.6. The molecule has 1 aromatic heterocycles. The number of aryl methyl sites for hydroxylation is 2. The maximum atomic E-state index is 12.2. The molecule has 1 aliphatic heterocycles. The highest BCUT2D eigenvalue weighted by Crippen LogP contribution is 2.18. The molecule has 1 saturated heterocycles. The molecule has 2 heterocycles. The maximum Gasteiger partial charge on any atom is 0.238 e. The summed E-state index contributed by atoms with van der Waals surface area (Å²) in [5.41, 5.74) is 7.77. The minimum atomic E-state index is -0.444. The first-order valence-corrected chi connectivity index (χ1v) is 6.94. The smallest absolute Gasteiger partial charge is 0.238 e. The Labute approximate surface area is 123 Å². The Kier molecular flexibility index (Phi) is 4.59. The predicted octanol–water partition coefficient (Wildman–Crippen LogP) is -1.27. The van der Waals surface area contributed by atoms with E-state index in [1.165, 1.54) is 0 Å². The highest BCUT2D eigenvalue weighted by Gasteiger charge is 2.28. The van der Waals surface area contributed by atoms with Gasteiger partial charge < -0.3 is 16.4 Å². The number of hydrogen-bond donors (Lipinski definition) is 3. The molecule has 2 amide bonds. The van der Waals surface area contributed by atoms with Crippen LogP contribution in [0.5, 0.6) is 0 Å². The van der Waals surface area contributed by atoms with Crippen LogP contribution >= 0.6 is 0 Å². The fraction of sp³-hybridized carbons (Fsp3) is 0.615. The van der Waals surface area contributed by atoms with Gasteiger partial charge in [0.05, 0.1) is 23.6 Å². The summed E-state index contributed by atoms with van der Waals surface area (Å²) >= 11 is 0. The summed E-state index contributed by atoms with van der Waals surface area (Å²) in [5, 5.41) is 10.2. The number of piperazine rings is 1. The van der Waals surface area contributed by atoms with E-state index in [9.17, 15) is 9.59 Å². The van der Waals surface area contributed by atoms with E-state index in [0.717, 1.165) is 23.6 Å². The number of carbonyl (C=O) groups excluding carboxylic acids is 2. The second-order valence-electron chi connectivity index (χ2n) is 5.31. The van der Waals surface area contributed by atoms with Gasteiger partial charge in [-0.1, -0.05) is 0 Å². The fourth-order valence-electron chi connectivity index (χ4n) is 2.53. The molecule has 4 N–H and O–H groups in total. The summed E-state index contributed by atoms with van der Waals surface area (Å²) in [6.07, 6.45) is 0. The summed E-state index contributed by atoms with van der Waals surface area (Å²) in [4.78, 5) is 25.4. The van der Waals surface area contributed by atoms with Crippen LogP contribution < -0.4 is 16.4 Å². The van der Waals surface area contributed by atoms with Crippen molar-refractivity contribution in [3.05, 3.63) is 11.4 Å². The summed E-state index contributed by atoms with van der Waals surface area (Å²) in [5.74, 6) is -0.578. The van der Waals surface area contributed by atoms with Crippen molar-refractivity contribution in [3.8, 4) is 0 Å². The molecule has 1 aliphatic rings. The molecule has 0 bridgehead atoms. The molecular weight excluding hydrogens is 272 g/mol. The molecule has 116 valence electrons. The Morgan fingerprint density at radius 3 is 2.76 bits per heavy atom. The number of nitrogens with two attached hydrogens (primary N) is 1. The second kappa shape index (κ2) is 6.23. The molecule has 8 heteroatoms. The highest BCUT2D eigenvalue weighted by molar-refractivity contribution is 5.94. The monoisotopic (exact) mass is 294 g/mol. The van der Waals surface area contributed by atoms with Gasteiger partial charge in [0.1, 0.15) is 6.04 Å². The zero-order valence-electron chi connectivity index (χ0n) is 12.6. The molecule has 1 atom stereocenters. The number of rotatable bonds is 4. The van der Waals surface area contributed by atoms with Gasteiger partial charge in [0.25, 0.3) is 0 Å². The van der Waals surface area contributed by atoms with E-state index in [0.29, 0.717) is 13.1 Å². The first kappa shape index (κ1) is 15.5. The van der Waals surface area contributed by atoms with Crippen LogP contribution in [0.3, 0.4) is 0 Å². The summed E-state index contributed by atoms with van der Waals surface area (Å²) in [6, 6.07) is -0.444. The van der Waals surface area contributed by atoms with Crippen molar-refractivity contribution < 1.29 is 9.59 Å². The molecule has 2 rings (SSSR count). The van der Waals surface area contributed by atoms with E-state index >= 15 is 0 Å². The molecule has 0 saturated carbocycles. The quantitative estimate of drug-likeness (QED) is 0.642. The summed E-state index contributed by atoms with van der Waals surface area (Å²) < 4.78 is 1.72. The normalized spacial score (nSPS) is 19.5. The van der Waals surface area contributed by atoms with Gasteiger partial charge in [0.15, 0.2) is 0 Å². The Bertz CT molecular complexity index is 553. The lowest BCUT2D eigenvalue weighted by Gasteiger charge is -2.33. The van der Waals surface area contributed by atoms with Crippen LogP contribution in [-0.4, -0.2) is 58.7 Å². The number of amides is 2. The lowest BCUT2D eigenvalue weighted by molar-refractivity contribution is -0.125. The van der Waals surface area contributed by atoms with Crippen LogP contribution in [0.2, 0.25) is 0 Å². The third-order valence-electron chi connectivity index (χ3n) is 3.80. The molecule has 0 spiro atoms. The van der Waals surface area contributed by atoms with E-state index in [1.807, 2.05) is 20.9 Å². The third-order valence-corrected chi connectivity index (χ3v) is 3.80. The zero-order valence-corrected chi connectivity index (χ0v) is 12.6. The molecule has 0 aliphatic carbocycles. The topological polar surface area (TPSA) is 105 Å². The van der Waals surface area contributed by atoms with Crippen LogP contribution in [0.25, 0.3) is 0 Å². The van der Waals surface area contributed by atoms with Crippen LogP contribution in [-0.2, 0) is 16.6 Å². The van der Waals surface area contributed by atoms with Crippen molar-refractivity contribution in [2.24, 2.45) is 12.8 Å². The molecule has 8 nitrogen and oxygen atoms in total. The lowest BCUT2D eigenvalue weighted by Crippen LogP contribution is -2.58. The SMILES string of the molecule is Cc1nn(C)c(C)c1NC(=O)CN1CCNCC1C(N)=O. The Hall–Kier alpha value is -1.93. The molecule has 1 aromatic rings. The third kappa shape index (κ3) is 3.40. The molecule has 0 radical (unpaired) electrons. The Morgan fingerprint density at radius 2 is 2.19 bits per heavy atom. The lowest BCUT2D eigenvalue weighted by atomic mass is 10.2. The Morgan fingerprint density at radius 1 is 1.48 bits per heavy atom. The molecule has 1 unspecified atom stereocenters. The average molecular weight is 294 g/mol. The van der Waals surface area contributed by atoms with Gasteiger partial charge in [-0.3, -0.25) is 19.2 Å². The van der Waals surface area contributed by atoms with Crippen LogP contribution in [0.4, 0.5) is 5.69 Å². The number of nitrogens with zero attached hydrogens (tertiary/aromatic N) is 3. The van der Waals surface area contributed by atoms with E-state index in [1.54, 1.807) is 9.58 Å². The number of anilines is 1.